The number of carbonyl (C=O) groups is 4. The van der Waals surface area contributed by atoms with Crippen molar-refractivity contribution < 1.29 is 28.3 Å². The molecule has 150 valence electrons. The molecule has 0 spiro atoms. The summed E-state index contributed by atoms with van der Waals surface area (Å²) in [6.45, 7) is -0.662. The monoisotopic (exact) mass is 410 g/mol. The van der Waals surface area contributed by atoms with E-state index in [1.807, 2.05) is 0 Å². The second-order valence-corrected chi connectivity index (χ2v) is 7.35. The number of benzene rings is 1. The summed E-state index contributed by atoms with van der Waals surface area (Å²) in [7, 11) is 0. The first kappa shape index (κ1) is 20.3. The Morgan fingerprint density at radius 2 is 1.82 bits per heavy atom. The van der Waals surface area contributed by atoms with Crippen molar-refractivity contribution in [3.05, 3.63) is 29.0 Å². The van der Waals surface area contributed by atoms with Crippen LogP contribution in [0.15, 0.2) is 18.2 Å². The van der Waals surface area contributed by atoms with Crippen LogP contribution in [-0.2, 0) is 23.9 Å². The highest BCUT2D eigenvalue weighted by Gasteiger charge is 2.47. The third kappa shape index (κ3) is 4.49. The van der Waals surface area contributed by atoms with Crippen molar-refractivity contribution in [3.63, 3.8) is 0 Å². The Balaban J connectivity index is 1.44. The Hall–Kier alpha value is -2.48. The number of hydrogen-bond acceptors (Lipinski definition) is 5. The van der Waals surface area contributed by atoms with E-state index in [0.717, 1.165) is 23.8 Å². The molecule has 3 rings (SSSR count). The summed E-state index contributed by atoms with van der Waals surface area (Å²) >= 11 is 5.63. The molecule has 1 aliphatic heterocycles. The van der Waals surface area contributed by atoms with Crippen LogP contribution in [0.5, 0.6) is 0 Å². The third-order valence-electron chi connectivity index (χ3n) is 5.04. The topological polar surface area (TPSA) is 92.8 Å². The van der Waals surface area contributed by atoms with Gasteiger partial charge in [0.1, 0.15) is 5.82 Å². The van der Waals surface area contributed by atoms with Crippen LogP contribution in [0.4, 0.5) is 10.1 Å². The molecule has 1 aromatic carbocycles. The van der Waals surface area contributed by atoms with Gasteiger partial charge in [-0.2, -0.15) is 0 Å². The highest BCUT2D eigenvalue weighted by Crippen LogP contribution is 2.37. The molecule has 0 aromatic heterocycles. The van der Waals surface area contributed by atoms with Gasteiger partial charge in [-0.3, -0.25) is 24.1 Å². The number of likely N-dealkylation sites (tertiary alicyclic amines) is 1. The van der Waals surface area contributed by atoms with Gasteiger partial charge in [0.15, 0.2) is 6.61 Å². The standard InChI is InChI=1S/C19H20ClFN2O5/c20-11-5-6-15(14(21)9-11)22-16(24)10-28-17(25)7-8-23-18(26)12-3-1-2-4-13(12)19(23)27/h5-6,9,12-13H,1-4,7-8,10H2,(H,22,24)/t12-,13+. The van der Waals surface area contributed by atoms with Crippen LogP contribution in [0.3, 0.4) is 0 Å². The summed E-state index contributed by atoms with van der Waals surface area (Å²) < 4.78 is 18.5. The molecule has 3 amide bonds. The van der Waals surface area contributed by atoms with Gasteiger partial charge in [-0.1, -0.05) is 24.4 Å². The van der Waals surface area contributed by atoms with Gasteiger partial charge in [-0.05, 0) is 31.0 Å². The van der Waals surface area contributed by atoms with Gasteiger partial charge in [0.05, 0.1) is 23.9 Å². The second kappa shape index (κ2) is 8.68. The number of amides is 3. The average Bonchev–Trinajstić information content (AvgIpc) is 2.91. The van der Waals surface area contributed by atoms with E-state index in [-0.39, 0.29) is 47.3 Å². The molecular weight excluding hydrogens is 391 g/mol. The van der Waals surface area contributed by atoms with Gasteiger partial charge in [-0.15, -0.1) is 0 Å². The maximum absolute atomic E-state index is 13.6. The van der Waals surface area contributed by atoms with Crippen molar-refractivity contribution >= 4 is 41.0 Å². The van der Waals surface area contributed by atoms with Gasteiger partial charge in [-0.25, -0.2) is 4.39 Å². The molecule has 1 saturated carbocycles. The minimum absolute atomic E-state index is 0.0586. The SMILES string of the molecule is O=C(COC(=O)CCN1C(=O)[C@H]2CCCC[C@H]2C1=O)Nc1ccc(Cl)cc1F. The zero-order valence-corrected chi connectivity index (χ0v) is 15.8. The van der Waals surface area contributed by atoms with E-state index < -0.39 is 24.3 Å². The molecule has 1 saturated heterocycles. The van der Waals surface area contributed by atoms with Gasteiger partial charge < -0.3 is 10.1 Å². The number of ether oxygens (including phenoxy) is 1. The van der Waals surface area contributed by atoms with Crippen molar-refractivity contribution in [1.82, 2.24) is 4.90 Å². The quantitative estimate of drug-likeness (QED) is 0.574. The predicted molar refractivity (Wildman–Crippen MR) is 97.8 cm³/mol. The van der Waals surface area contributed by atoms with Gasteiger partial charge in [0.25, 0.3) is 5.91 Å². The number of halogens is 2. The summed E-state index contributed by atoms with van der Waals surface area (Å²) in [5, 5.41) is 2.46. The zero-order chi connectivity index (χ0) is 20.3. The normalized spacial score (nSPS) is 21.4. The lowest BCUT2D eigenvalue weighted by Crippen LogP contribution is -2.33. The Bertz CT molecular complexity index is 792. The van der Waals surface area contributed by atoms with E-state index in [9.17, 15) is 23.6 Å². The van der Waals surface area contributed by atoms with Crippen molar-refractivity contribution in [2.24, 2.45) is 11.8 Å². The highest BCUT2D eigenvalue weighted by atomic mass is 35.5. The molecule has 1 aliphatic carbocycles. The van der Waals surface area contributed by atoms with Crippen molar-refractivity contribution in [2.75, 3.05) is 18.5 Å². The first-order valence-electron chi connectivity index (χ1n) is 9.12. The highest BCUT2D eigenvalue weighted by molar-refractivity contribution is 6.30. The van der Waals surface area contributed by atoms with Crippen LogP contribution in [-0.4, -0.2) is 41.7 Å². The molecule has 1 N–H and O–H groups in total. The zero-order valence-electron chi connectivity index (χ0n) is 15.1. The van der Waals surface area contributed by atoms with Gasteiger partial charge in [0.2, 0.25) is 11.8 Å². The molecule has 1 aromatic rings. The lowest BCUT2D eigenvalue weighted by Gasteiger charge is -2.19. The number of carbonyl (C=O) groups excluding carboxylic acids is 4. The fourth-order valence-corrected chi connectivity index (χ4v) is 3.81. The lowest BCUT2D eigenvalue weighted by molar-refractivity contribution is -0.148. The van der Waals surface area contributed by atoms with Crippen LogP contribution < -0.4 is 5.32 Å². The minimum atomic E-state index is -0.720. The number of esters is 1. The van der Waals surface area contributed by atoms with Crippen molar-refractivity contribution in [2.45, 2.75) is 32.1 Å². The predicted octanol–water partition coefficient (Wildman–Crippen LogP) is 2.53. The smallest absolute Gasteiger partial charge is 0.308 e. The number of rotatable bonds is 6. The molecular formula is C19H20ClFN2O5. The molecule has 1 heterocycles. The second-order valence-electron chi connectivity index (χ2n) is 6.91. The lowest BCUT2D eigenvalue weighted by atomic mass is 9.81. The Morgan fingerprint density at radius 3 is 2.43 bits per heavy atom. The van der Waals surface area contributed by atoms with E-state index in [1.54, 1.807) is 0 Å². The fourth-order valence-electron chi connectivity index (χ4n) is 3.65. The van der Waals surface area contributed by atoms with Gasteiger partial charge in [0, 0.05) is 11.6 Å². The van der Waals surface area contributed by atoms with E-state index in [1.165, 1.54) is 12.1 Å². The van der Waals surface area contributed by atoms with E-state index in [0.29, 0.717) is 12.8 Å². The largest absolute Gasteiger partial charge is 0.456 e. The molecule has 2 fully saturated rings. The molecule has 28 heavy (non-hydrogen) atoms. The number of nitrogens with one attached hydrogen (secondary N) is 1. The van der Waals surface area contributed by atoms with Crippen LogP contribution >= 0.6 is 11.6 Å². The van der Waals surface area contributed by atoms with E-state index >= 15 is 0 Å². The van der Waals surface area contributed by atoms with Gasteiger partial charge >= 0.3 is 5.97 Å². The third-order valence-corrected chi connectivity index (χ3v) is 5.28. The van der Waals surface area contributed by atoms with E-state index in [2.05, 4.69) is 5.32 Å². The fraction of sp³-hybridized carbons (Fsp3) is 0.474. The van der Waals surface area contributed by atoms with Crippen LogP contribution in [0.1, 0.15) is 32.1 Å². The Labute approximate surface area is 166 Å². The number of imide groups is 1. The summed E-state index contributed by atoms with van der Waals surface area (Å²) in [4.78, 5) is 49.4. The molecule has 0 bridgehead atoms. The molecule has 0 unspecified atom stereocenters. The van der Waals surface area contributed by atoms with Crippen LogP contribution in [0, 0.1) is 17.7 Å². The summed E-state index contributed by atoms with van der Waals surface area (Å²) in [6, 6.07) is 3.75. The first-order valence-corrected chi connectivity index (χ1v) is 9.50. The minimum Gasteiger partial charge on any atom is -0.456 e. The maximum atomic E-state index is 13.6. The number of anilines is 1. The summed E-state index contributed by atoms with van der Waals surface area (Å²) in [5.41, 5.74) is -0.0821. The molecule has 2 aliphatic rings. The molecule has 7 nitrogen and oxygen atoms in total. The molecule has 2 atom stereocenters. The average molecular weight is 411 g/mol. The van der Waals surface area contributed by atoms with Crippen molar-refractivity contribution in [3.8, 4) is 0 Å². The molecule has 0 radical (unpaired) electrons. The van der Waals surface area contributed by atoms with Crippen molar-refractivity contribution in [1.29, 1.82) is 0 Å². The Kier molecular flexibility index (Phi) is 6.28. The Morgan fingerprint density at radius 1 is 1.18 bits per heavy atom. The van der Waals surface area contributed by atoms with E-state index in [4.69, 9.17) is 16.3 Å². The first-order chi connectivity index (χ1) is 13.4. The summed E-state index contributed by atoms with van der Waals surface area (Å²) in [6.07, 6.45) is 3.08. The van der Waals surface area contributed by atoms with Crippen LogP contribution in [0.2, 0.25) is 5.02 Å². The maximum Gasteiger partial charge on any atom is 0.308 e. The number of nitrogens with zero attached hydrogens (tertiary/aromatic N) is 1. The number of fused-ring (bicyclic) bond motifs is 1. The number of hydrogen-bond donors (Lipinski definition) is 1. The van der Waals surface area contributed by atoms with Crippen LogP contribution in [0.25, 0.3) is 0 Å². The summed E-state index contributed by atoms with van der Waals surface area (Å²) in [5.74, 6) is -3.12. The molecule has 9 heteroatoms.